The molecule has 2 aliphatic rings. The van der Waals surface area contributed by atoms with Crippen LogP contribution in [0.5, 0.6) is 0 Å². The fraction of sp³-hybridized carbons (Fsp3) is 0.273. The molecule has 0 aromatic rings. The van der Waals surface area contributed by atoms with Crippen LogP contribution in [0.2, 0.25) is 0 Å². The molecular formula is C11H14Ti. The number of rotatable bonds is 2. The molecule has 12 heavy (non-hydrogen) atoms. The summed E-state index contributed by atoms with van der Waals surface area (Å²) < 4.78 is 3.41. The Labute approximate surface area is 85.6 Å². The van der Waals surface area contributed by atoms with Gasteiger partial charge in [0.2, 0.25) is 0 Å². The van der Waals surface area contributed by atoms with Crippen molar-refractivity contribution in [2.24, 2.45) is 0 Å². The van der Waals surface area contributed by atoms with Gasteiger partial charge in [0, 0.05) is 0 Å². The molecule has 0 aromatic carbocycles. The molecule has 0 radical (unpaired) electrons. The van der Waals surface area contributed by atoms with Gasteiger partial charge in [0.25, 0.3) is 0 Å². The van der Waals surface area contributed by atoms with Gasteiger partial charge in [-0.25, -0.2) is 0 Å². The second-order valence-corrected chi connectivity index (χ2v) is 5.55. The fourth-order valence-corrected chi connectivity index (χ4v) is 3.51. The Balaban J connectivity index is 0.000000845. The van der Waals surface area contributed by atoms with Crippen LogP contribution < -0.4 is 0 Å². The number of hydrogen-bond acceptors (Lipinski definition) is 0. The molecule has 0 atom stereocenters. The summed E-state index contributed by atoms with van der Waals surface area (Å²) in [6.07, 6.45) is 13.8. The van der Waals surface area contributed by atoms with Gasteiger partial charge in [-0.2, -0.15) is 0 Å². The Kier molecular flexibility index (Phi) is 2.48. The van der Waals surface area contributed by atoms with E-state index in [0.717, 1.165) is 0 Å². The Hall–Kier alpha value is -0.326. The average molecular weight is 194 g/mol. The summed E-state index contributed by atoms with van der Waals surface area (Å²) in [6, 6.07) is 0. The van der Waals surface area contributed by atoms with Crippen LogP contribution in [-0.2, 0) is 19.2 Å². The molecule has 0 amide bonds. The molecule has 1 heteroatoms. The van der Waals surface area contributed by atoms with Gasteiger partial charge in [0.1, 0.15) is 0 Å². The predicted octanol–water partition coefficient (Wildman–Crippen LogP) is 3.37. The normalized spacial score (nSPS) is 20.2. The quantitative estimate of drug-likeness (QED) is 0.591. The SMILES string of the molecule is CC1=[C]([Ti+2][C]2=CC=CC2)CC=C1.[H-].[H-]. The Morgan fingerprint density at radius 3 is 2.83 bits per heavy atom. The minimum atomic E-state index is 0. The van der Waals surface area contributed by atoms with Crippen molar-refractivity contribution >= 4 is 0 Å². The van der Waals surface area contributed by atoms with Crippen LogP contribution in [0.3, 0.4) is 0 Å². The first-order chi connectivity index (χ1) is 5.86. The Morgan fingerprint density at radius 1 is 1.33 bits per heavy atom. The first-order valence-corrected chi connectivity index (χ1v) is 5.91. The summed E-state index contributed by atoms with van der Waals surface area (Å²) in [5, 5.41) is 0. The van der Waals surface area contributed by atoms with Gasteiger partial charge in [-0.15, -0.1) is 0 Å². The van der Waals surface area contributed by atoms with E-state index in [1.165, 1.54) is 18.4 Å². The molecule has 0 bridgehead atoms. The Morgan fingerprint density at radius 2 is 2.25 bits per heavy atom. The minimum Gasteiger partial charge on any atom is -1.00 e. The van der Waals surface area contributed by atoms with Crippen LogP contribution in [0.15, 0.2) is 43.7 Å². The summed E-state index contributed by atoms with van der Waals surface area (Å²) in [6.45, 7) is 2.24. The van der Waals surface area contributed by atoms with E-state index in [2.05, 4.69) is 37.3 Å². The first-order valence-electron chi connectivity index (χ1n) is 4.35. The Bertz CT molecular complexity index is 311. The molecule has 0 aromatic heterocycles. The molecule has 0 saturated heterocycles. The third kappa shape index (κ3) is 1.70. The fourth-order valence-electron chi connectivity index (χ4n) is 1.50. The van der Waals surface area contributed by atoms with Crippen molar-refractivity contribution in [3.05, 3.63) is 43.7 Å². The molecule has 2 aliphatic carbocycles. The zero-order valence-electron chi connectivity index (χ0n) is 9.30. The van der Waals surface area contributed by atoms with Crippen LogP contribution >= 0.6 is 0 Å². The van der Waals surface area contributed by atoms with Crippen molar-refractivity contribution in [3.63, 3.8) is 0 Å². The monoisotopic (exact) mass is 194 g/mol. The van der Waals surface area contributed by atoms with Crippen LogP contribution in [-0.4, -0.2) is 0 Å². The van der Waals surface area contributed by atoms with Crippen molar-refractivity contribution in [2.45, 2.75) is 19.8 Å². The maximum atomic E-state index is 2.30. The van der Waals surface area contributed by atoms with Gasteiger partial charge >= 0.3 is 82.6 Å². The van der Waals surface area contributed by atoms with Crippen molar-refractivity contribution < 1.29 is 22.0 Å². The summed E-state index contributed by atoms with van der Waals surface area (Å²) in [4.78, 5) is 0. The minimum absolute atomic E-state index is 0. The van der Waals surface area contributed by atoms with Gasteiger partial charge in [-0.1, -0.05) is 0 Å². The zero-order valence-corrected chi connectivity index (χ0v) is 8.86. The standard InChI is InChI=1S/C6H7.C5H5.Ti.2H/c1-6-4-2-3-5-6;1-2-4-5-3-1;;;/h2,4H,3H2,1H3;1-3H,4H2;;;/q;;+2;2*-1. The van der Waals surface area contributed by atoms with Gasteiger partial charge < -0.3 is 2.85 Å². The topological polar surface area (TPSA) is 0 Å². The van der Waals surface area contributed by atoms with E-state index in [0.29, 0.717) is 0 Å². The molecule has 62 valence electrons. The van der Waals surface area contributed by atoms with Crippen LogP contribution in [0.4, 0.5) is 0 Å². The third-order valence-corrected chi connectivity index (χ3v) is 4.73. The van der Waals surface area contributed by atoms with Crippen LogP contribution in [0, 0.1) is 0 Å². The van der Waals surface area contributed by atoms with Crippen molar-refractivity contribution in [1.82, 2.24) is 0 Å². The summed E-state index contributed by atoms with van der Waals surface area (Å²) in [7, 11) is 0. The second kappa shape index (κ2) is 3.59. The maximum Gasteiger partial charge on any atom is -1.00 e. The van der Waals surface area contributed by atoms with E-state index in [1.807, 2.05) is 0 Å². The van der Waals surface area contributed by atoms with Crippen LogP contribution in [0.1, 0.15) is 22.6 Å². The summed E-state index contributed by atoms with van der Waals surface area (Å²) in [5.41, 5.74) is 1.53. The molecule has 0 unspecified atom stereocenters. The third-order valence-electron chi connectivity index (χ3n) is 2.25. The van der Waals surface area contributed by atoms with Crippen molar-refractivity contribution in [1.29, 1.82) is 0 Å². The molecular weight excluding hydrogens is 180 g/mol. The molecule has 0 nitrogen and oxygen atoms in total. The molecule has 0 saturated carbocycles. The predicted molar refractivity (Wildman–Crippen MR) is 50.5 cm³/mol. The van der Waals surface area contributed by atoms with E-state index < -0.39 is 0 Å². The number of allylic oxidation sites excluding steroid dienone is 8. The largest absolute Gasteiger partial charge is 1.00 e. The van der Waals surface area contributed by atoms with Gasteiger partial charge in [0.15, 0.2) is 0 Å². The average Bonchev–Trinajstić information content (AvgIpc) is 2.65. The summed E-state index contributed by atoms with van der Waals surface area (Å²) in [5.74, 6) is 0. The van der Waals surface area contributed by atoms with E-state index in [1.54, 1.807) is 7.76 Å². The molecule has 0 N–H and O–H groups in total. The maximum absolute atomic E-state index is 2.30. The van der Waals surface area contributed by atoms with E-state index in [-0.39, 0.29) is 22.0 Å². The zero-order chi connectivity index (χ0) is 8.39. The first kappa shape index (κ1) is 8.28. The van der Waals surface area contributed by atoms with Crippen molar-refractivity contribution in [3.8, 4) is 0 Å². The van der Waals surface area contributed by atoms with E-state index in [9.17, 15) is 0 Å². The molecule has 0 aliphatic heterocycles. The molecule has 2 rings (SSSR count). The van der Waals surface area contributed by atoms with Gasteiger partial charge in [-0.05, 0) is 0 Å². The van der Waals surface area contributed by atoms with E-state index in [4.69, 9.17) is 0 Å². The van der Waals surface area contributed by atoms with Crippen molar-refractivity contribution in [2.75, 3.05) is 0 Å². The molecule has 0 spiro atoms. The molecule has 0 heterocycles. The second-order valence-electron chi connectivity index (χ2n) is 3.22. The smallest absolute Gasteiger partial charge is 1.00 e. The molecule has 0 fully saturated rings. The summed E-state index contributed by atoms with van der Waals surface area (Å²) >= 11 is 0.0579. The van der Waals surface area contributed by atoms with Crippen LogP contribution in [0.25, 0.3) is 0 Å². The van der Waals surface area contributed by atoms with Gasteiger partial charge in [-0.3, -0.25) is 0 Å². The van der Waals surface area contributed by atoms with Gasteiger partial charge in [0.05, 0.1) is 0 Å². The number of hydrogen-bond donors (Lipinski definition) is 0. The van der Waals surface area contributed by atoms with E-state index >= 15 is 0 Å².